The maximum Gasteiger partial charge on any atom is 0.257 e. The lowest BCUT2D eigenvalue weighted by Crippen LogP contribution is -2.32. The van der Waals surface area contributed by atoms with Gasteiger partial charge in [0.2, 0.25) is 0 Å². The van der Waals surface area contributed by atoms with Gasteiger partial charge in [-0.3, -0.25) is 9.59 Å². The SMILES string of the molecule is CSc1nc2c(c(=O)[nH]1)[C@@H](c1ccc(C(C)C)cc1)C1=C(CCCC1=O)N2. The standard InChI is InChI=1S/C21H23N3O2S/c1-11(2)12-7-9-13(10-8-12)16-17-14(5-4-6-15(17)25)22-19-18(16)20(26)24-21(23-19)27-3/h7-11,16H,4-6H2,1-3H3,(H2,22,23,24,26)/t16-/m0/s1. The van der Waals surface area contributed by atoms with E-state index < -0.39 is 0 Å². The summed E-state index contributed by atoms with van der Waals surface area (Å²) >= 11 is 1.40. The predicted octanol–water partition coefficient (Wildman–Crippen LogP) is 4.18. The Labute approximate surface area is 162 Å². The van der Waals surface area contributed by atoms with Crippen LogP contribution in [-0.4, -0.2) is 22.0 Å². The van der Waals surface area contributed by atoms with Crippen LogP contribution in [0.3, 0.4) is 0 Å². The first-order valence-corrected chi connectivity index (χ1v) is 10.5. The highest BCUT2D eigenvalue weighted by Crippen LogP contribution is 2.43. The molecule has 0 bridgehead atoms. The number of carbonyl (C=O) groups is 1. The maximum atomic E-state index is 12.9. The summed E-state index contributed by atoms with van der Waals surface area (Å²) in [6, 6.07) is 8.27. The summed E-state index contributed by atoms with van der Waals surface area (Å²) < 4.78 is 0. The highest BCUT2D eigenvalue weighted by atomic mass is 32.2. The van der Waals surface area contributed by atoms with Crippen LogP contribution in [0.15, 0.2) is 45.5 Å². The molecule has 6 heteroatoms. The second kappa shape index (κ2) is 7.00. The number of hydrogen-bond acceptors (Lipinski definition) is 5. The van der Waals surface area contributed by atoms with E-state index in [9.17, 15) is 9.59 Å². The van der Waals surface area contributed by atoms with Crippen molar-refractivity contribution >= 4 is 23.4 Å². The maximum absolute atomic E-state index is 12.9. The molecule has 1 aromatic carbocycles. The predicted molar refractivity (Wildman–Crippen MR) is 109 cm³/mol. The van der Waals surface area contributed by atoms with E-state index in [4.69, 9.17) is 0 Å². The quantitative estimate of drug-likeness (QED) is 0.616. The van der Waals surface area contributed by atoms with Crippen molar-refractivity contribution in [2.24, 2.45) is 0 Å². The smallest absolute Gasteiger partial charge is 0.257 e. The number of aromatic amines is 1. The van der Waals surface area contributed by atoms with Gasteiger partial charge in [-0.15, -0.1) is 0 Å². The molecule has 0 fully saturated rings. The van der Waals surface area contributed by atoms with E-state index in [0.29, 0.717) is 28.9 Å². The second-order valence-electron chi connectivity index (χ2n) is 7.39. The van der Waals surface area contributed by atoms with Gasteiger partial charge < -0.3 is 10.3 Å². The summed E-state index contributed by atoms with van der Waals surface area (Å²) in [5.74, 6) is 0.771. The van der Waals surface area contributed by atoms with Crippen LogP contribution in [0.1, 0.15) is 61.6 Å². The molecule has 27 heavy (non-hydrogen) atoms. The zero-order valence-corrected chi connectivity index (χ0v) is 16.6. The van der Waals surface area contributed by atoms with E-state index in [2.05, 4.69) is 41.3 Å². The monoisotopic (exact) mass is 381 g/mol. The van der Waals surface area contributed by atoms with Crippen molar-refractivity contribution in [2.75, 3.05) is 11.6 Å². The molecular formula is C21H23N3O2S. The number of nitrogens with one attached hydrogen (secondary N) is 2. The van der Waals surface area contributed by atoms with Gasteiger partial charge >= 0.3 is 0 Å². The first-order chi connectivity index (χ1) is 13.0. The van der Waals surface area contributed by atoms with Crippen molar-refractivity contribution in [2.45, 2.75) is 50.1 Å². The number of thioether (sulfide) groups is 1. The minimum absolute atomic E-state index is 0.126. The van der Waals surface area contributed by atoms with Gasteiger partial charge in [-0.05, 0) is 36.1 Å². The van der Waals surface area contributed by atoms with E-state index in [-0.39, 0.29) is 17.3 Å². The van der Waals surface area contributed by atoms with Crippen LogP contribution >= 0.6 is 11.8 Å². The Balaban J connectivity index is 1.92. The zero-order chi connectivity index (χ0) is 19.1. The molecule has 4 rings (SSSR count). The fourth-order valence-corrected chi connectivity index (χ4v) is 4.32. The Kier molecular flexibility index (Phi) is 4.68. The lowest BCUT2D eigenvalue weighted by molar-refractivity contribution is -0.116. The summed E-state index contributed by atoms with van der Waals surface area (Å²) in [6.45, 7) is 4.30. The normalized spacial score (nSPS) is 19.0. The van der Waals surface area contributed by atoms with Crippen LogP contribution in [0, 0.1) is 0 Å². The second-order valence-corrected chi connectivity index (χ2v) is 8.18. The fraction of sp³-hybridized carbons (Fsp3) is 0.381. The summed E-state index contributed by atoms with van der Waals surface area (Å²) in [4.78, 5) is 33.1. The molecule has 2 aliphatic rings. The Bertz CT molecular complexity index is 989. The van der Waals surface area contributed by atoms with Crippen molar-refractivity contribution in [1.29, 1.82) is 0 Å². The summed E-state index contributed by atoms with van der Waals surface area (Å²) in [5, 5.41) is 3.86. The minimum atomic E-state index is -0.364. The topological polar surface area (TPSA) is 74.8 Å². The van der Waals surface area contributed by atoms with Crippen molar-refractivity contribution in [3.63, 3.8) is 0 Å². The van der Waals surface area contributed by atoms with Gasteiger partial charge in [0.15, 0.2) is 10.9 Å². The number of anilines is 1. The van der Waals surface area contributed by atoms with E-state index >= 15 is 0 Å². The average Bonchev–Trinajstić information content (AvgIpc) is 2.66. The lowest BCUT2D eigenvalue weighted by Gasteiger charge is -2.32. The van der Waals surface area contributed by atoms with E-state index in [1.165, 1.54) is 17.3 Å². The van der Waals surface area contributed by atoms with Gasteiger partial charge in [-0.25, -0.2) is 4.98 Å². The molecule has 2 N–H and O–H groups in total. The first kappa shape index (κ1) is 18.0. The van der Waals surface area contributed by atoms with E-state index in [0.717, 1.165) is 29.7 Å². The van der Waals surface area contributed by atoms with Crippen LogP contribution < -0.4 is 10.9 Å². The van der Waals surface area contributed by atoms with Crippen LogP contribution in [0.25, 0.3) is 0 Å². The molecule has 0 spiro atoms. The van der Waals surface area contributed by atoms with Gasteiger partial charge in [0, 0.05) is 23.6 Å². The zero-order valence-electron chi connectivity index (χ0n) is 15.8. The number of hydrogen-bond donors (Lipinski definition) is 2. The molecule has 2 heterocycles. The Hall–Kier alpha value is -2.34. The molecule has 1 atom stereocenters. The van der Waals surface area contributed by atoms with Crippen molar-refractivity contribution in [3.8, 4) is 0 Å². The molecule has 0 saturated carbocycles. The minimum Gasteiger partial charge on any atom is -0.343 e. The van der Waals surface area contributed by atoms with Crippen molar-refractivity contribution < 1.29 is 4.79 Å². The van der Waals surface area contributed by atoms with Crippen LogP contribution in [0.2, 0.25) is 0 Å². The van der Waals surface area contributed by atoms with Crippen LogP contribution in [0.5, 0.6) is 0 Å². The first-order valence-electron chi connectivity index (χ1n) is 9.31. The number of nitrogens with zero attached hydrogens (tertiary/aromatic N) is 1. The van der Waals surface area contributed by atoms with Gasteiger partial charge in [0.1, 0.15) is 5.82 Å². The van der Waals surface area contributed by atoms with Gasteiger partial charge in [-0.1, -0.05) is 49.9 Å². The number of ketones is 1. The number of carbonyl (C=O) groups excluding carboxylic acids is 1. The van der Waals surface area contributed by atoms with Gasteiger partial charge in [0.05, 0.1) is 5.56 Å². The number of benzene rings is 1. The fourth-order valence-electron chi connectivity index (χ4n) is 3.94. The Morgan fingerprint density at radius 2 is 1.89 bits per heavy atom. The third-order valence-electron chi connectivity index (χ3n) is 5.37. The summed E-state index contributed by atoms with van der Waals surface area (Å²) in [7, 11) is 0. The Morgan fingerprint density at radius 3 is 2.56 bits per heavy atom. The van der Waals surface area contributed by atoms with Gasteiger partial charge in [0.25, 0.3) is 5.56 Å². The molecule has 5 nitrogen and oxygen atoms in total. The number of allylic oxidation sites excluding steroid dienone is 2. The number of Topliss-reactive ketones (excluding diaryl/α,β-unsaturated/α-hetero) is 1. The highest BCUT2D eigenvalue weighted by Gasteiger charge is 2.37. The third kappa shape index (κ3) is 3.12. The molecular weight excluding hydrogens is 358 g/mol. The molecule has 2 aromatic rings. The number of rotatable bonds is 3. The molecule has 140 valence electrons. The van der Waals surface area contributed by atoms with Crippen LogP contribution in [-0.2, 0) is 4.79 Å². The van der Waals surface area contributed by atoms with Crippen molar-refractivity contribution in [1.82, 2.24) is 9.97 Å². The average molecular weight is 382 g/mol. The largest absolute Gasteiger partial charge is 0.343 e. The molecule has 1 aliphatic heterocycles. The summed E-state index contributed by atoms with van der Waals surface area (Å²) in [5.41, 5.74) is 4.21. The number of fused-ring (bicyclic) bond motifs is 1. The molecule has 0 radical (unpaired) electrons. The Morgan fingerprint density at radius 1 is 1.15 bits per heavy atom. The number of aromatic nitrogens is 2. The molecule has 0 saturated heterocycles. The molecule has 1 aromatic heterocycles. The van der Waals surface area contributed by atoms with Crippen molar-refractivity contribution in [3.05, 3.63) is 62.6 Å². The van der Waals surface area contributed by atoms with Gasteiger partial charge in [-0.2, -0.15) is 0 Å². The van der Waals surface area contributed by atoms with E-state index in [1.807, 2.05) is 18.4 Å². The summed E-state index contributed by atoms with van der Waals surface area (Å²) in [6.07, 6.45) is 4.05. The van der Waals surface area contributed by atoms with E-state index in [1.54, 1.807) is 0 Å². The molecule has 1 aliphatic carbocycles. The molecule has 0 amide bonds. The lowest BCUT2D eigenvalue weighted by atomic mass is 9.76. The number of H-pyrrole nitrogens is 1. The van der Waals surface area contributed by atoms with Crippen LogP contribution in [0.4, 0.5) is 5.82 Å². The molecule has 0 unspecified atom stereocenters. The highest BCUT2D eigenvalue weighted by molar-refractivity contribution is 7.98. The third-order valence-corrected chi connectivity index (χ3v) is 5.95.